The highest BCUT2D eigenvalue weighted by Gasteiger charge is 2.82. The molecule has 0 aromatic carbocycles. The topological polar surface area (TPSA) is 88.5 Å². The first-order chi connectivity index (χ1) is 22.3. The maximum Gasteiger partial charge on any atom is 0.317 e. The van der Waals surface area contributed by atoms with Gasteiger partial charge < -0.3 is 24.2 Å². The van der Waals surface area contributed by atoms with E-state index in [1.165, 1.54) is 64.2 Å². The fourth-order valence-electron chi connectivity index (χ4n) is 13.2. The van der Waals surface area contributed by atoms with E-state index in [9.17, 15) is 14.7 Å². The largest absolute Gasteiger partial charge is 0.480 e. The molecule has 0 radical (unpaired) electrons. The highest BCUT2D eigenvalue weighted by Crippen LogP contribution is 2.89. The number of hydrogen-bond acceptors (Lipinski definition) is 6. The van der Waals surface area contributed by atoms with Crippen molar-refractivity contribution in [1.29, 1.82) is 0 Å². The number of carbonyl (C=O) groups excluding carboxylic acids is 1. The Balaban J connectivity index is 1.04. The van der Waals surface area contributed by atoms with Crippen LogP contribution in [0.15, 0.2) is 0 Å². The second-order valence-electron chi connectivity index (χ2n) is 18.4. The number of aliphatic carboxylic acids is 1. The van der Waals surface area contributed by atoms with Gasteiger partial charge in [0.15, 0.2) is 6.29 Å². The van der Waals surface area contributed by atoms with E-state index in [1.807, 2.05) is 16.8 Å². The van der Waals surface area contributed by atoms with E-state index in [-0.39, 0.29) is 47.2 Å². The van der Waals surface area contributed by atoms with Crippen LogP contribution in [0.2, 0.25) is 0 Å². The highest BCUT2D eigenvalue weighted by atomic mass is 16.7. The van der Waals surface area contributed by atoms with Crippen molar-refractivity contribution in [1.82, 2.24) is 9.80 Å². The zero-order valence-electron chi connectivity index (χ0n) is 30.4. The number of carboxylic acids is 1. The summed E-state index contributed by atoms with van der Waals surface area (Å²) in [5.74, 6) is 2.09. The van der Waals surface area contributed by atoms with Crippen molar-refractivity contribution < 1.29 is 28.9 Å². The van der Waals surface area contributed by atoms with E-state index in [2.05, 4.69) is 34.6 Å². The molecule has 2 spiro atoms. The molecule has 8 nitrogen and oxygen atoms in total. The molecule has 1 N–H and O–H groups in total. The Kier molecular flexibility index (Phi) is 8.91. The maximum atomic E-state index is 12.9. The predicted molar refractivity (Wildman–Crippen MR) is 181 cm³/mol. The normalized spacial score (nSPS) is 45.1. The minimum Gasteiger partial charge on any atom is -0.480 e. The van der Waals surface area contributed by atoms with Crippen molar-refractivity contribution in [2.24, 2.45) is 50.7 Å². The third-order valence-corrected chi connectivity index (χ3v) is 15.9. The Morgan fingerprint density at radius 3 is 2.45 bits per heavy atom. The van der Waals surface area contributed by atoms with Crippen molar-refractivity contribution in [3.8, 4) is 0 Å². The molecule has 8 heteroatoms. The number of amides is 1. The molecule has 1 heterocycles. The number of nitrogens with zero attached hydrogens (tertiary/aromatic N) is 2. The van der Waals surface area contributed by atoms with Gasteiger partial charge in [0.25, 0.3) is 0 Å². The van der Waals surface area contributed by atoms with Crippen LogP contribution in [0.3, 0.4) is 0 Å². The van der Waals surface area contributed by atoms with E-state index in [4.69, 9.17) is 14.2 Å². The number of carbonyl (C=O) groups is 2. The van der Waals surface area contributed by atoms with E-state index in [0.717, 1.165) is 18.8 Å². The van der Waals surface area contributed by atoms with Gasteiger partial charge >= 0.3 is 5.97 Å². The van der Waals surface area contributed by atoms with Gasteiger partial charge in [0.2, 0.25) is 5.91 Å². The van der Waals surface area contributed by atoms with E-state index in [0.29, 0.717) is 67.9 Å². The highest BCUT2D eigenvalue weighted by molar-refractivity contribution is 5.76. The summed E-state index contributed by atoms with van der Waals surface area (Å²) in [5, 5.41) is 9.20. The minimum atomic E-state index is -0.782. The average Bonchev–Trinajstić information content (AvgIpc) is 3.93. The summed E-state index contributed by atoms with van der Waals surface area (Å²) in [4.78, 5) is 27.9. The van der Waals surface area contributed by atoms with Crippen LogP contribution in [0, 0.1) is 50.7 Å². The van der Waals surface area contributed by atoms with Gasteiger partial charge in [-0.15, -0.1) is 0 Å². The van der Waals surface area contributed by atoms with Gasteiger partial charge in [-0.05, 0) is 128 Å². The molecular weight excluding hydrogens is 592 g/mol. The van der Waals surface area contributed by atoms with Crippen LogP contribution in [0.25, 0.3) is 0 Å². The molecule has 1 aliphatic heterocycles. The first-order valence-electron chi connectivity index (χ1n) is 19.4. The van der Waals surface area contributed by atoms with Crippen LogP contribution in [0.1, 0.15) is 118 Å². The molecule has 10 atom stereocenters. The number of fused-ring (bicyclic) bond motifs is 2. The van der Waals surface area contributed by atoms with Crippen molar-refractivity contribution in [2.45, 2.75) is 137 Å². The zero-order chi connectivity index (χ0) is 33.4. The molecule has 6 aliphatic carbocycles. The summed E-state index contributed by atoms with van der Waals surface area (Å²) in [6.45, 7) is 15.8. The minimum absolute atomic E-state index is 0.0596. The first kappa shape index (κ1) is 34.2. The third kappa shape index (κ3) is 5.53. The molecule has 5 unspecified atom stereocenters. The van der Waals surface area contributed by atoms with Gasteiger partial charge in [0.05, 0.1) is 38.5 Å². The molecule has 0 aromatic rings. The molecular formula is C39H64N2O6. The smallest absolute Gasteiger partial charge is 0.317 e. The Hall–Kier alpha value is -1.22. The second-order valence-corrected chi connectivity index (χ2v) is 18.4. The van der Waals surface area contributed by atoms with E-state index < -0.39 is 5.97 Å². The Labute approximate surface area is 284 Å². The van der Waals surface area contributed by atoms with E-state index >= 15 is 0 Å². The molecule has 6 saturated carbocycles. The van der Waals surface area contributed by atoms with E-state index in [1.54, 1.807) is 0 Å². The van der Waals surface area contributed by atoms with Crippen molar-refractivity contribution >= 4 is 11.9 Å². The number of rotatable bonds is 12. The van der Waals surface area contributed by atoms with Crippen LogP contribution in [-0.2, 0) is 23.8 Å². The summed E-state index contributed by atoms with van der Waals surface area (Å²) in [5.41, 5.74) is 1.51. The number of carboxylic acid groups (broad SMARTS) is 1. The molecule has 7 fully saturated rings. The molecule has 7 rings (SSSR count). The summed E-state index contributed by atoms with van der Waals surface area (Å²) in [7, 11) is 1.88. The Morgan fingerprint density at radius 2 is 1.72 bits per heavy atom. The number of hydrogen-bond donors (Lipinski definition) is 1. The van der Waals surface area contributed by atoms with Crippen LogP contribution in [-0.4, -0.2) is 91.7 Å². The SMILES string of the molecule is CCC[C@H]1C(OCCN(C)CC(=O)O)C[C@@]2(C)C3CC[C@H]4C(C)(C)[C@@H](OC5CN(C(=O)CC6CC6)CCO5)CC[C@@]45CC35CCC12C. The van der Waals surface area contributed by atoms with Gasteiger partial charge in [-0.2, -0.15) is 0 Å². The third-order valence-electron chi connectivity index (χ3n) is 15.9. The molecule has 0 aromatic heterocycles. The lowest BCUT2D eigenvalue weighted by molar-refractivity contribution is -0.246. The van der Waals surface area contributed by atoms with Crippen molar-refractivity contribution in [2.75, 3.05) is 46.4 Å². The summed E-state index contributed by atoms with van der Waals surface area (Å²) >= 11 is 0. The number of likely N-dealkylation sites (N-methyl/N-ethyl adjacent to an activating group) is 1. The molecule has 1 amide bonds. The summed E-state index contributed by atoms with van der Waals surface area (Å²) in [6, 6.07) is 0. The van der Waals surface area contributed by atoms with Crippen LogP contribution in [0.5, 0.6) is 0 Å². The number of ether oxygens (including phenoxy) is 3. The van der Waals surface area contributed by atoms with Gasteiger partial charge in [0.1, 0.15) is 0 Å². The average molecular weight is 657 g/mol. The predicted octanol–water partition coefficient (Wildman–Crippen LogP) is 6.61. The fourth-order valence-corrected chi connectivity index (χ4v) is 13.2. The Morgan fingerprint density at radius 1 is 0.979 bits per heavy atom. The van der Waals surface area contributed by atoms with Gasteiger partial charge in [0, 0.05) is 19.5 Å². The van der Waals surface area contributed by atoms with Gasteiger partial charge in [-0.1, -0.05) is 41.0 Å². The molecule has 7 aliphatic rings. The molecule has 0 bridgehead atoms. The quantitative estimate of drug-likeness (QED) is 0.253. The lowest BCUT2D eigenvalue weighted by Crippen LogP contribution is -2.58. The lowest BCUT2D eigenvalue weighted by atomic mass is 9.42. The molecule has 1 saturated heterocycles. The lowest BCUT2D eigenvalue weighted by Gasteiger charge is -2.63. The molecule has 266 valence electrons. The standard InChI is InChI=1S/C39H64N2O6/c1-7-8-27-28(45-19-17-40(6)23-33(43)44)22-37(5)30-12-11-29-35(2,3)31(13-14-38(29)25-39(30,38)16-15-36(27,37)4)47-34-24-41(18-20-46-34)32(42)21-26-9-10-26/h26-31,34H,7-25H2,1-6H3,(H,43,44)/t27-,28?,29-,30?,31-,34?,36?,37-,38+,39?/m0/s1. The van der Waals surface area contributed by atoms with Crippen LogP contribution < -0.4 is 0 Å². The van der Waals surface area contributed by atoms with Crippen molar-refractivity contribution in [3.63, 3.8) is 0 Å². The summed E-state index contributed by atoms with van der Waals surface area (Å²) < 4.78 is 19.8. The monoisotopic (exact) mass is 656 g/mol. The van der Waals surface area contributed by atoms with Crippen molar-refractivity contribution in [3.05, 3.63) is 0 Å². The first-order valence-corrected chi connectivity index (χ1v) is 19.4. The fraction of sp³-hybridized carbons (Fsp3) is 0.949. The zero-order valence-corrected chi connectivity index (χ0v) is 30.4. The second kappa shape index (κ2) is 12.2. The number of morpholine rings is 1. The van der Waals surface area contributed by atoms with Gasteiger partial charge in [-0.3, -0.25) is 14.5 Å². The molecule has 47 heavy (non-hydrogen) atoms. The van der Waals surface area contributed by atoms with Crippen LogP contribution in [0.4, 0.5) is 0 Å². The van der Waals surface area contributed by atoms with Crippen LogP contribution >= 0.6 is 0 Å². The Bertz CT molecular complexity index is 1210. The summed E-state index contributed by atoms with van der Waals surface area (Å²) in [6.07, 6.45) is 15.8. The van der Waals surface area contributed by atoms with Gasteiger partial charge in [-0.25, -0.2) is 0 Å². The maximum absolute atomic E-state index is 12.9.